The Hall–Kier alpha value is -1.23. The van der Waals surface area contributed by atoms with Gasteiger partial charge in [-0.1, -0.05) is 37.8 Å². The predicted molar refractivity (Wildman–Crippen MR) is 92.5 cm³/mol. The van der Waals surface area contributed by atoms with Crippen molar-refractivity contribution in [3.8, 4) is 0 Å². The Morgan fingerprint density at radius 1 is 1.09 bits per heavy atom. The number of hydrogen-bond donors (Lipinski definition) is 0. The van der Waals surface area contributed by atoms with Crippen LogP contribution >= 0.6 is 0 Å². The molecule has 132 valence electrons. The number of ether oxygens (including phenoxy) is 1. The Kier molecular flexibility index (Phi) is 11.4. The summed E-state index contributed by atoms with van der Waals surface area (Å²) in [5, 5.41) is 8.31. The minimum absolute atomic E-state index is 0.290. The van der Waals surface area contributed by atoms with Gasteiger partial charge in [0.05, 0.1) is 5.69 Å². The Bertz CT molecular complexity index is 418. The van der Waals surface area contributed by atoms with Crippen molar-refractivity contribution in [1.29, 1.82) is 0 Å². The molecule has 1 rings (SSSR count). The lowest BCUT2D eigenvalue weighted by Crippen LogP contribution is -2.00. The van der Waals surface area contributed by atoms with Crippen LogP contribution < -0.4 is 0 Å². The standard InChI is InChI=1S/C18H33N3O2/c1-3-11-18-16-21(20-19-18)13-8-4-5-9-14-23-15-10-6-7-12-17(2)22/h16H,3-15H2,1-2H3. The van der Waals surface area contributed by atoms with Gasteiger partial charge in [-0.15, -0.1) is 5.10 Å². The van der Waals surface area contributed by atoms with Crippen LogP contribution in [0.1, 0.15) is 77.3 Å². The van der Waals surface area contributed by atoms with Gasteiger partial charge in [0.2, 0.25) is 0 Å². The van der Waals surface area contributed by atoms with Gasteiger partial charge >= 0.3 is 0 Å². The molecule has 5 nitrogen and oxygen atoms in total. The monoisotopic (exact) mass is 323 g/mol. The Morgan fingerprint density at radius 2 is 1.78 bits per heavy atom. The third-order valence-corrected chi connectivity index (χ3v) is 3.84. The van der Waals surface area contributed by atoms with Gasteiger partial charge in [-0.2, -0.15) is 0 Å². The summed E-state index contributed by atoms with van der Waals surface area (Å²) in [6, 6.07) is 0. The lowest BCUT2D eigenvalue weighted by Gasteiger charge is -2.04. The molecule has 1 aromatic rings. The molecule has 23 heavy (non-hydrogen) atoms. The smallest absolute Gasteiger partial charge is 0.129 e. The molecule has 0 bridgehead atoms. The molecular weight excluding hydrogens is 290 g/mol. The molecule has 0 spiro atoms. The number of rotatable bonds is 15. The zero-order valence-corrected chi connectivity index (χ0v) is 14.9. The van der Waals surface area contributed by atoms with E-state index in [1.54, 1.807) is 6.92 Å². The van der Waals surface area contributed by atoms with Crippen LogP contribution in [0.25, 0.3) is 0 Å². The maximum Gasteiger partial charge on any atom is 0.129 e. The lowest BCUT2D eigenvalue weighted by atomic mass is 10.1. The Labute approximate surface area is 140 Å². The van der Waals surface area contributed by atoms with Crippen molar-refractivity contribution in [2.24, 2.45) is 0 Å². The number of carbonyl (C=O) groups excluding carboxylic acids is 1. The van der Waals surface area contributed by atoms with E-state index in [4.69, 9.17) is 4.74 Å². The largest absolute Gasteiger partial charge is 0.381 e. The van der Waals surface area contributed by atoms with Gasteiger partial charge in [-0.25, -0.2) is 0 Å². The fourth-order valence-corrected chi connectivity index (χ4v) is 2.51. The summed E-state index contributed by atoms with van der Waals surface area (Å²) in [5.41, 5.74) is 1.10. The molecule has 0 saturated heterocycles. The van der Waals surface area contributed by atoms with Crippen molar-refractivity contribution in [3.63, 3.8) is 0 Å². The summed E-state index contributed by atoms with van der Waals surface area (Å²) in [5.74, 6) is 0.290. The highest BCUT2D eigenvalue weighted by Gasteiger charge is 1.99. The number of nitrogens with zero attached hydrogens (tertiary/aromatic N) is 3. The first-order valence-corrected chi connectivity index (χ1v) is 9.18. The van der Waals surface area contributed by atoms with E-state index in [2.05, 4.69) is 23.4 Å². The molecule has 0 aliphatic carbocycles. The van der Waals surface area contributed by atoms with E-state index in [1.165, 1.54) is 12.8 Å². The molecule has 5 heteroatoms. The SMILES string of the molecule is CCCc1cn(CCCCCCOCCCCCC(C)=O)nn1. The first-order chi connectivity index (χ1) is 11.2. The fraction of sp³-hybridized carbons (Fsp3) is 0.833. The average molecular weight is 323 g/mol. The molecule has 0 atom stereocenters. The Morgan fingerprint density at radius 3 is 2.48 bits per heavy atom. The molecule has 1 aromatic heterocycles. The van der Waals surface area contributed by atoms with Gasteiger partial charge in [-0.05, 0) is 39.0 Å². The van der Waals surface area contributed by atoms with Crippen molar-refractivity contribution in [2.75, 3.05) is 13.2 Å². The molecule has 0 saturated carbocycles. The van der Waals surface area contributed by atoms with Crippen molar-refractivity contribution in [3.05, 3.63) is 11.9 Å². The predicted octanol–water partition coefficient (Wildman–Crippen LogP) is 3.96. The summed E-state index contributed by atoms with van der Waals surface area (Å²) in [6.45, 7) is 6.47. The third kappa shape index (κ3) is 11.0. The maximum atomic E-state index is 10.8. The number of unbranched alkanes of at least 4 members (excludes halogenated alkanes) is 5. The summed E-state index contributed by atoms with van der Waals surface area (Å²) >= 11 is 0. The van der Waals surface area contributed by atoms with E-state index in [9.17, 15) is 4.79 Å². The molecule has 0 aromatic carbocycles. The van der Waals surface area contributed by atoms with E-state index in [1.807, 2.05) is 4.68 Å². The number of hydrogen-bond acceptors (Lipinski definition) is 4. The number of ketones is 1. The zero-order valence-electron chi connectivity index (χ0n) is 14.9. The third-order valence-electron chi connectivity index (χ3n) is 3.84. The van der Waals surface area contributed by atoms with Crippen LogP contribution in [0.5, 0.6) is 0 Å². The summed E-state index contributed by atoms with van der Waals surface area (Å²) < 4.78 is 7.58. The second kappa shape index (κ2) is 13.2. The highest BCUT2D eigenvalue weighted by molar-refractivity contribution is 5.75. The number of Topliss-reactive ketones (excluding diaryl/α,β-unsaturated/α-hetero) is 1. The van der Waals surface area contributed by atoms with Gasteiger partial charge in [0.25, 0.3) is 0 Å². The number of carbonyl (C=O) groups is 1. The minimum Gasteiger partial charge on any atom is -0.381 e. The van der Waals surface area contributed by atoms with Crippen molar-refractivity contribution < 1.29 is 9.53 Å². The van der Waals surface area contributed by atoms with Crippen LogP contribution in [0, 0.1) is 0 Å². The molecule has 0 aliphatic rings. The first-order valence-electron chi connectivity index (χ1n) is 9.18. The molecular formula is C18H33N3O2. The molecule has 0 unspecified atom stereocenters. The fourth-order valence-electron chi connectivity index (χ4n) is 2.51. The highest BCUT2D eigenvalue weighted by atomic mass is 16.5. The number of aryl methyl sites for hydroxylation is 2. The lowest BCUT2D eigenvalue weighted by molar-refractivity contribution is -0.117. The van der Waals surface area contributed by atoms with Crippen molar-refractivity contribution >= 4 is 5.78 Å². The van der Waals surface area contributed by atoms with Crippen molar-refractivity contribution in [1.82, 2.24) is 15.0 Å². The maximum absolute atomic E-state index is 10.8. The van der Waals surface area contributed by atoms with E-state index in [-0.39, 0.29) is 0 Å². The van der Waals surface area contributed by atoms with Crippen LogP contribution in [0.15, 0.2) is 6.20 Å². The quantitative estimate of drug-likeness (QED) is 0.458. The van der Waals surface area contributed by atoms with Gasteiger partial charge < -0.3 is 9.53 Å². The van der Waals surface area contributed by atoms with Gasteiger partial charge in [-0.3, -0.25) is 4.68 Å². The van der Waals surface area contributed by atoms with Gasteiger partial charge in [0, 0.05) is 32.4 Å². The number of aromatic nitrogens is 3. The Balaban J connectivity index is 1.83. The average Bonchev–Trinajstić information content (AvgIpc) is 2.96. The molecule has 0 N–H and O–H groups in total. The van der Waals surface area contributed by atoms with Crippen LogP contribution in [-0.2, 0) is 22.5 Å². The highest BCUT2D eigenvalue weighted by Crippen LogP contribution is 2.05. The topological polar surface area (TPSA) is 57.0 Å². The van der Waals surface area contributed by atoms with E-state index in [0.717, 1.165) is 70.4 Å². The minimum atomic E-state index is 0.290. The summed E-state index contributed by atoms with van der Waals surface area (Å²) in [6.07, 6.45) is 12.8. The second-order valence-electron chi connectivity index (χ2n) is 6.26. The van der Waals surface area contributed by atoms with E-state index >= 15 is 0 Å². The molecule has 0 amide bonds. The van der Waals surface area contributed by atoms with E-state index in [0.29, 0.717) is 12.2 Å². The van der Waals surface area contributed by atoms with Crippen LogP contribution in [0.4, 0.5) is 0 Å². The zero-order chi connectivity index (χ0) is 16.8. The summed E-state index contributed by atoms with van der Waals surface area (Å²) in [7, 11) is 0. The molecule has 0 radical (unpaired) electrons. The van der Waals surface area contributed by atoms with Gasteiger partial charge in [0.15, 0.2) is 0 Å². The molecule has 1 heterocycles. The van der Waals surface area contributed by atoms with E-state index < -0.39 is 0 Å². The second-order valence-corrected chi connectivity index (χ2v) is 6.26. The normalized spacial score (nSPS) is 11.0. The van der Waals surface area contributed by atoms with Crippen LogP contribution in [0.2, 0.25) is 0 Å². The van der Waals surface area contributed by atoms with Crippen molar-refractivity contribution in [2.45, 2.75) is 84.6 Å². The molecule has 0 fully saturated rings. The molecule has 0 aliphatic heterocycles. The summed E-state index contributed by atoms with van der Waals surface area (Å²) in [4.78, 5) is 10.8. The van der Waals surface area contributed by atoms with Crippen LogP contribution in [-0.4, -0.2) is 34.0 Å². The van der Waals surface area contributed by atoms with Gasteiger partial charge in [0.1, 0.15) is 5.78 Å². The first kappa shape index (κ1) is 19.8. The van der Waals surface area contributed by atoms with Crippen LogP contribution in [0.3, 0.4) is 0 Å².